The minimum Gasteiger partial charge on any atom is -0.408 e. The lowest BCUT2D eigenvalue weighted by Gasteiger charge is -2.24. The molecule has 11 heteroatoms. The smallest absolute Gasteiger partial charge is 0.408 e. The third kappa shape index (κ3) is 4.56. The molecule has 2 amide bonds. The van der Waals surface area contributed by atoms with Crippen LogP contribution in [0.4, 0.5) is 4.39 Å². The van der Waals surface area contributed by atoms with Crippen LogP contribution in [0, 0.1) is 0 Å². The predicted molar refractivity (Wildman–Crippen MR) is 113 cm³/mol. The molecule has 1 aromatic carbocycles. The molecule has 2 unspecified atom stereocenters. The number of carbonyl (C=O) groups excluding carboxylic acids is 2. The van der Waals surface area contributed by atoms with Gasteiger partial charge >= 0.3 is 5.76 Å². The summed E-state index contributed by atoms with van der Waals surface area (Å²) in [6.45, 7) is 4.03. The van der Waals surface area contributed by atoms with Crippen LogP contribution in [0.3, 0.4) is 0 Å². The molecule has 10 nitrogen and oxygen atoms in total. The number of nitrogens with zero attached hydrogens (tertiary/aromatic N) is 5. The molecule has 32 heavy (non-hydrogen) atoms. The number of oxazole rings is 1. The summed E-state index contributed by atoms with van der Waals surface area (Å²) < 4.78 is 22.2. The summed E-state index contributed by atoms with van der Waals surface area (Å²) in [6.07, 6.45) is 0.553. The molecule has 3 aromatic rings. The van der Waals surface area contributed by atoms with Gasteiger partial charge in [0.15, 0.2) is 11.3 Å². The number of carbonyl (C=O) groups is 2. The SMILES string of the molecule is CC(C)NC(=O)c1cn(CC2CC(F)CN2C(=O)CCn2c(=O)oc3ccccc32)nn1. The second-order valence-corrected chi connectivity index (χ2v) is 8.22. The molecule has 4 rings (SSSR count). The molecule has 0 saturated carbocycles. The molecule has 1 N–H and O–H groups in total. The van der Waals surface area contributed by atoms with Crippen molar-refractivity contribution < 1.29 is 18.4 Å². The Kier molecular flexibility index (Phi) is 6.06. The van der Waals surface area contributed by atoms with Crippen molar-refractivity contribution in [1.82, 2.24) is 29.8 Å². The Labute approximate surface area is 183 Å². The molecule has 0 aliphatic carbocycles. The Bertz CT molecular complexity index is 1180. The second kappa shape index (κ2) is 8.93. The molecular formula is C21H25FN6O4. The summed E-state index contributed by atoms with van der Waals surface area (Å²) in [5, 5.41) is 10.5. The third-order valence-corrected chi connectivity index (χ3v) is 5.40. The van der Waals surface area contributed by atoms with Crippen LogP contribution < -0.4 is 11.1 Å². The van der Waals surface area contributed by atoms with Gasteiger partial charge in [0.25, 0.3) is 5.91 Å². The highest BCUT2D eigenvalue weighted by molar-refractivity contribution is 5.92. The number of halogens is 1. The highest BCUT2D eigenvalue weighted by Gasteiger charge is 2.35. The van der Waals surface area contributed by atoms with E-state index in [9.17, 15) is 18.8 Å². The van der Waals surface area contributed by atoms with E-state index >= 15 is 0 Å². The Morgan fingerprint density at radius 1 is 1.31 bits per heavy atom. The van der Waals surface area contributed by atoms with Gasteiger partial charge in [-0.15, -0.1) is 5.10 Å². The summed E-state index contributed by atoms with van der Waals surface area (Å²) in [5.41, 5.74) is 1.23. The number of alkyl halides is 1. The largest absolute Gasteiger partial charge is 0.419 e. The third-order valence-electron chi connectivity index (χ3n) is 5.40. The van der Waals surface area contributed by atoms with E-state index in [1.165, 1.54) is 20.3 Å². The number of hydrogen-bond donors (Lipinski definition) is 1. The van der Waals surface area contributed by atoms with E-state index in [0.717, 1.165) is 0 Å². The van der Waals surface area contributed by atoms with Gasteiger partial charge in [-0.25, -0.2) is 13.9 Å². The van der Waals surface area contributed by atoms with Gasteiger partial charge < -0.3 is 14.6 Å². The lowest BCUT2D eigenvalue weighted by molar-refractivity contribution is -0.132. The molecule has 1 aliphatic heterocycles. The first kappa shape index (κ1) is 21.7. The van der Waals surface area contributed by atoms with Crippen molar-refractivity contribution >= 4 is 22.9 Å². The van der Waals surface area contributed by atoms with Gasteiger partial charge in [-0.3, -0.25) is 14.2 Å². The van der Waals surface area contributed by atoms with Gasteiger partial charge in [0, 0.05) is 25.4 Å². The number of hydrogen-bond acceptors (Lipinski definition) is 6. The van der Waals surface area contributed by atoms with Crippen LogP contribution in [0.2, 0.25) is 0 Å². The lowest BCUT2D eigenvalue weighted by Crippen LogP contribution is -2.39. The van der Waals surface area contributed by atoms with Crippen LogP contribution in [0.5, 0.6) is 0 Å². The van der Waals surface area contributed by atoms with E-state index in [-0.39, 0.29) is 56.0 Å². The molecule has 170 valence electrons. The number of likely N-dealkylation sites (tertiary alicyclic amines) is 1. The Morgan fingerprint density at radius 2 is 2.09 bits per heavy atom. The van der Waals surface area contributed by atoms with Crippen LogP contribution >= 0.6 is 0 Å². The van der Waals surface area contributed by atoms with Crippen molar-refractivity contribution in [2.24, 2.45) is 0 Å². The van der Waals surface area contributed by atoms with Gasteiger partial charge in [0.2, 0.25) is 5.91 Å². The van der Waals surface area contributed by atoms with E-state index < -0.39 is 18.0 Å². The molecule has 2 atom stereocenters. The van der Waals surface area contributed by atoms with E-state index in [4.69, 9.17) is 4.42 Å². The van der Waals surface area contributed by atoms with E-state index in [0.29, 0.717) is 11.1 Å². The summed E-state index contributed by atoms with van der Waals surface area (Å²) in [7, 11) is 0. The van der Waals surface area contributed by atoms with Crippen LogP contribution in [0.1, 0.15) is 37.2 Å². The van der Waals surface area contributed by atoms with Crippen molar-refractivity contribution in [2.45, 2.75) is 58.0 Å². The normalized spacial score (nSPS) is 18.6. The zero-order valence-electron chi connectivity index (χ0n) is 17.9. The van der Waals surface area contributed by atoms with Crippen molar-refractivity contribution in [3.8, 4) is 0 Å². The standard InChI is InChI=1S/C21H25FN6O4/c1-13(2)23-20(30)16-12-26(25-24-16)11-15-9-14(22)10-28(15)19(29)7-8-27-17-5-3-4-6-18(17)32-21(27)31/h3-6,12-15H,7-11H2,1-2H3,(H,23,30). The first-order chi connectivity index (χ1) is 15.3. The van der Waals surface area contributed by atoms with Crippen LogP contribution in [-0.4, -0.2) is 61.1 Å². The fourth-order valence-electron chi connectivity index (χ4n) is 3.96. The van der Waals surface area contributed by atoms with Crippen molar-refractivity contribution in [2.75, 3.05) is 6.54 Å². The van der Waals surface area contributed by atoms with Gasteiger partial charge in [0.1, 0.15) is 6.17 Å². The van der Waals surface area contributed by atoms with Gasteiger partial charge in [-0.2, -0.15) is 0 Å². The van der Waals surface area contributed by atoms with Gasteiger partial charge in [0.05, 0.1) is 30.8 Å². The topological polar surface area (TPSA) is 115 Å². The number of benzene rings is 1. The molecule has 0 radical (unpaired) electrons. The van der Waals surface area contributed by atoms with E-state index in [1.54, 1.807) is 24.3 Å². The van der Waals surface area contributed by atoms with Crippen molar-refractivity contribution in [3.05, 3.63) is 46.7 Å². The average Bonchev–Trinajstić information content (AvgIpc) is 3.43. The number of aromatic nitrogens is 4. The molecule has 1 saturated heterocycles. The van der Waals surface area contributed by atoms with E-state index in [1.807, 2.05) is 13.8 Å². The monoisotopic (exact) mass is 444 g/mol. The molecule has 1 aliphatic rings. The summed E-state index contributed by atoms with van der Waals surface area (Å²) in [4.78, 5) is 38.5. The second-order valence-electron chi connectivity index (χ2n) is 8.22. The molecule has 2 aromatic heterocycles. The number of aryl methyl sites for hydroxylation is 1. The summed E-state index contributed by atoms with van der Waals surface area (Å²) in [6, 6.07) is 6.53. The Morgan fingerprint density at radius 3 is 2.88 bits per heavy atom. The first-order valence-corrected chi connectivity index (χ1v) is 10.5. The maximum absolute atomic E-state index is 14.2. The molecule has 1 fully saturated rings. The minimum atomic E-state index is -1.14. The number of nitrogens with one attached hydrogen (secondary N) is 1. The fourth-order valence-corrected chi connectivity index (χ4v) is 3.96. The quantitative estimate of drug-likeness (QED) is 0.588. The number of amides is 2. The number of para-hydroxylation sites is 2. The average molecular weight is 444 g/mol. The van der Waals surface area contributed by atoms with Crippen molar-refractivity contribution in [3.63, 3.8) is 0 Å². The summed E-state index contributed by atoms with van der Waals surface area (Å²) >= 11 is 0. The maximum Gasteiger partial charge on any atom is 0.419 e. The highest BCUT2D eigenvalue weighted by Crippen LogP contribution is 2.23. The van der Waals surface area contributed by atoms with Crippen LogP contribution in [-0.2, 0) is 17.9 Å². The van der Waals surface area contributed by atoms with Crippen LogP contribution in [0.25, 0.3) is 11.1 Å². The number of rotatable bonds is 7. The van der Waals surface area contributed by atoms with E-state index in [2.05, 4.69) is 15.6 Å². The minimum absolute atomic E-state index is 0.0140. The van der Waals surface area contributed by atoms with Crippen LogP contribution in [0.15, 0.2) is 39.7 Å². The molecule has 0 spiro atoms. The van der Waals surface area contributed by atoms with Gasteiger partial charge in [-0.05, 0) is 26.0 Å². The molecular weight excluding hydrogens is 419 g/mol. The Hall–Kier alpha value is -3.50. The fraction of sp³-hybridized carbons (Fsp3) is 0.476. The van der Waals surface area contributed by atoms with Crippen molar-refractivity contribution in [1.29, 1.82) is 0 Å². The first-order valence-electron chi connectivity index (χ1n) is 10.5. The number of fused-ring (bicyclic) bond motifs is 1. The highest BCUT2D eigenvalue weighted by atomic mass is 19.1. The molecule has 0 bridgehead atoms. The zero-order valence-corrected chi connectivity index (χ0v) is 17.9. The Balaban J connectivity index is 1.42. The zero-order chi connectivity index (χ0) is 22.8. The molecule has 3 heterocycles. The van der Waals surface area contributed by atoms with Gasteiger partial charge in [-0.1, -0.05) is 17.3 Å². The summed E-state index contributed by atoms with van der Waals surface area (Å²) in [5.74, 6) is -1.13. The lowest BCUT2D eigenvalue weighted by atomic mass is 10.2. The predicted octanol–water partition coefficient (Wildman–Crippen LogP) is 1.35. The maximum atomic E-state index is 14.2.